The lowest BCUT2D eigenvalue weighted by molar-refractivity contribution is -0.132. The molecule has 1 saturated heterocycles. The Labute approximate surface area is 251 Å². The lowest BCUT2D eigenvalue weighted by atomic mass is 9.95. The molecule has 43 heavy (non-hydrogen) atoms. The lowest BCUT2D eigenvalue weighted by Gasteiger charge is -2.23. The van der Waals surface area contributed by atoms with Crippen LogP contribution in [0.4, 0.5) is 9.52 Å². The van der Waals surface area contributed by atoms with Crippen molar-refractivity contribution in [2.45, 2.75) is 26.5 Å². The molecule has 0 bridgehead atoms. The summed E-state index contributed by atoms with van der Waals surface area (Å²) in [5.41, 5.74) is 2.45. The third-order valence-corrected chi connectivity index (χ3v) is 7.96. The van der Waals surface area contributed by atoms with E-state index in [1.807, 2.05) is 30.3 Å². The number of carbonyl (C=O) groups excluding carboxylic acids is 3. The minimum absolute atomic E-state index is 0.0128. The van der Waals surface area contributed by atoms with Gasteiger partial charge in [0.25, 0.3) is 5.78 Å². The SMILES string of the molecule is C=CCOC(=O)c1sc(N2C(=O)C(=O)/C(=C(/O)c3ccc(OCc4ccccc4)c(C)c3)[C@H]2c2ccc(F)cc2)nc1C. The molecule has 4 aromatic rings. The predicted octanol–water partition coefficient (Wildman–Crippen LogP) is 6.45. The third kappa shape index (κ3) is 5.96. The lowest BCUT2D eigenvalue weighted by Crippen LogP contribution is -2.29. The Kier molecular flexibility index (Phi) is 8.49. The van der Waals surface area contributed by atoms with E-state index in [9.17, 15) is 23.9 Å². The molecule has 218 valence electrons. The van der Waals surface area contributed by atoms with Gasteiger partial charge in [-0.2, -0.15) is 0 Å². The number of ketones is 1. The van der Waals surface area contributed by atoms with Crippen molar-refractivity contribution >= 4 is 39.9 Å². The summed E-state index contributed by atoms with van der Waals surface area (Å²) in [5.74, 6) is -2.88. The number of thiazole rings is 1. The number of halogens is 1. The summed E-state index contributed by atoms with van der Waals surface area (Å²) in [6, 6.07) is 18.7. The molecule has 1 aliphatic rings. The van der Waals surface area contributed by atoms with Crippen molar-refractivity contribution in [3.63, 3.8) is 0 Å². The van der Waals surface area contributed by atoms with E-state index in [4.69, 9.17) is 9.47 Å². The van der Waals surface area contributed by atoms with Gasteiger partial charge in [0.15, 0.2) is 5.13 Å². The number of aromatic nitrogens is 1. The van der Waals surface area contributed by atoms with Crippen molar-refractivity contribution in [3.05, 3.63) is 130 Å². The first kappa shape index (κ1) is 29.4. The normalized spacial score (nSPS) is 15.9. The fourth-order valence-electron chi connectivity index (χ4n) is 4.71. The van der Waals surface area contributed by atoms with Gasteiger partial charge in [0, 0.05) is 5.56 Å². The van der Waals surface area contributed by atoms with Crippen molar-refractivity contribution in [1.29, 1.82) is 0 Å². The number of anilines is 1. The number of amides is 1. The Morgan fingerprint density at radius 1 is 1.09 bits per heavy atom. The van der Waals surface area contributed by atoms with E-state index >= 15 is 0 Å². The van der Waals surface area contributed by atoms with Crippen LogP contribution >= 0.6 is 11.3 Å². The molecule has 1 N–H and O–H groups in total. The maximum absolute atomic E-state index is 13.9. The Bertz CT molecular complexity index is 1750. The van der Waals surface area contributed by atoms with Crippen molar-refractivity contribution in [2.24, 2.45) is 0 Å². The number of aliphatic hydroxyl groups excluding tert-OH is 1. The van der Waals surface area contributed by atoms with Crippen molar-refractivity contribution in [2.75, 3.05) is 11.5 Å². The summed E-state index contributed by atoms with van der Waals surface area (Å²) in [5, 5.41) is 11.5. The van der Waals surface area contributed by atoms with Crippen LogP contribution in [0, 0.1) is 19.7 Å². The highest BCUT2D eigenvalue weighted by Gasteiger charge is 2.48. The minimum Gasteiger partial charge on any atom is -0.507 e. The highest BCUT2D eigenvalue weighted by molar-refractivity contribution is 7.17. The molecule has 0 radical (unpaired) electrons. The van der Waals surface area contributed by atoms with E-state index in [1.54, 1.807) is 32.0 Å². The number of nitrogens with zero attached hydrogens (tertiary/aromatic N) is 2. The molecular weight excluding hydrogens is 571 g/mol. The van der Waals surface area contributed by atoms with Gasteiger partial charge >= 0.3 is 11.9 Å². The molecule has 1 aromatic heterocycles. The molecule has 0 saturated carbocycles. The van der Waals surface area contributed by atoms with Crippen LogP contribution in [0.1, 0.15) is 43.7 Å². The van der Waals surface area contributed by atoms with Crippen molar-refractivity contribution < 1.29 is 33.4 Å². The quantitative estimate of drug-likeness (QED) is 0.0776. The second kappa shape index (κ2) is 12.4. The van der Waals surface area contributed by atoms with Gasteiger partial charge < -0.3 is 14.6 Å². The maximum atomic E-state index is 13.9. The number of hydrogen-bond acceptors (Lipinski definition) is 8. The molecule has 0 unspecified atom stereocenters. The number of rotatable bonds is 9. The van der Waals surface area contributed by atoms with E-state index in [1.165, 1.54) is 30.3 Å². The number of esters is 1. The molecule has 10 heteroatoms. The molecule has 8 nitrogen and oxygen atoms in total. The Balaban J connectivity index is 1.55. The molecular formula is C33H27FN2O6S. The number of benzene rings is 3. The van der Waals surface area contributed by atoms with E-state index in [-0.39, 0.29) is 22.2 Å². The first-order valence-electron chi connectivity index (χ1n) is 13.3. The number of ether oxygens (including phenoxy) is 2. The Hall–Kier alpha value is -5.09. The van der Waals surface area contributed by atoms with Crippen molar-refractivity contribution in [1.82, 2.24) is 4.98 Å². The van der Waals surface area contributed by atoms with Crippen molar-refractivity contribution in [3.8, 4) is 5.75 Å². The van der Waals surface area contributed by atoms with Gasteiger partial charge in [-0.15, -0.1) is 0 Å². The number of hydrogen-bond donors (Lipinski definition) is 1. The number of aliphatic hydroxyl groups is 1. The summed E-state index contributed by atoms with van der Waals surface area (Å²) in [4.78, 5) is 45.2. The monoisotopic (exact) mass is 598 g/mol. The fourth-order valence-corrected chi connectivity index (χ4v) is 5.70. The van der Waals surface area contributed by atoms with Crippen LogP contribution in [0.15, 0.2) is 91.0 Å². The standard InChI is InChI=1S/C33H27FN2O6S/c1-4-16-41-32(40)30-20(3)35-33(43-30)36-27(22-10-13-24(34)14-11-22)26(29(38)31(36)39)28(37)23-12-15-25(19(2)17-23)42-18-21-8-6-5-7-9-21/h4-15,17,27,37H,1,16,18H2,2-3H3/b28-26+/t27-/m1/s1. The first-order chi connectivity index (χ1) is 20.7. The molecule has 0 spiro atoms. The van der Waals surface area contributed by atoms with Crippen LogP contribution in [-0.4, -0.2) is 34.4 Å². The number of carbonyl (C=O) groups is 3. The van der Waals surface area contributed by atoms with Gasteiger partial charge in [-0.25, -0.2) is 14.2 Å². The smallest absolute Gasteiger partial charge is 0.350 e. The largest absolute Gasteiger partial charge is 0.507 e. The van der Waals surface area contributed by atoms with Crippen LogP contribution < -0.4 is 9.64 Å². The average molecular weight is 599 g/mol. The Morgan fingerprint density at radius 2 is 1.81 bits per heavy atom. The predicted molar refractivity (Wildman–Crippen MR) is 160 cm³/mol. The zero-order chi connectivity index (χ0) is 30.7. The van der Waals surface area contributed by atoms with Crippen LogP contribution in [0.5, 0.6) is 5.75 Å². The third-order valence-electron chi connectivity index (χ3n) is 6.82. The zero-order valence-electron chi connectivity index (χ0n) is 23.4. The average Bonchev–Trinajstić information content (AvgIpc) is 3.51. The van der Waals surface area contributed by atoms with E-state index in [2.05, 4.69) is 11.6 Å². The van der Waals surface area contributed by atoms with Gasteiger partial charge in [-0.3, -0.25) is 14.5 Å². The highest BCUT2D eigenvalue weighted by Crippen LogP contribution is 2.44. The minimum atomic E-state index is -1.14. The summed E-state index contributed by atoms with van der Waals surface area (Å²) >= 11 is 0.878. The highest BCUT2D eigenvalue weighted by atomic mass is 32.1. The van der Waals surface area contributed by atoms with Crippen LogP contribution in [-0.2, 0) is 20.9 Å². The van der Waals surface area contributed by atoms with E-state index in [0.29, 0.717) is 34.7 Å². The summed E-state index contributed by atoms with van der Waals surface area (Å²) in [6.07, 6.45) is 1.42. The van der Waals surface area contributed by atoms with Gasteiger partial charge in [0.05, 0.1) is 17.3 Å². The van der Waals surface area contributed by atoms with Gasteiger partial charge in [0.2, 0.25) is 0 Å². The van der Waals surface area contributed by atoms with Crippen LogP contribution in [0.25, 0.3) is 5.76 Å². The fraction of sp³-hybridized carbons (Fsp3) is 0.152. The van der Waals surface area contributed by atoms with Crippen LogP contribution in [0.2, 0.25) is 0 Å². The van der Waals surface area contributed by atoms with E-state index < -0.39 is 35.3 Å². The number of aryl methyl sites for hydroxylation is 2. The Morgan fingerprint density at radius 3 is 2.49 bits per heavy atom. The number of Topliss-reactive ketones (excluding diaryl/α,β-unsaturated/α-hetero) is 1. The molecule has 5 rings (SSSR count). The van der Waals surface area contributed by atoms with Crippen LogP contribution in [0.3, 0.4) is 0 Å². The first-order valence-corrected chi connectivity index (χ1v) is 14.1. The van der Waals surface area contributed by atoms with E-state index in [0.717, 1.165) is 21.8 Å². The molecule has 2 heterocycles. The zero-order valence-corrected chi connectivity index (χ0v) is 24.2. The van der Waals surface area contributed by atoms with Gasteiger partial charge in [0.1, 0.15) is 35.4 Å². The van der Waals surface area contributed by atoms with Gasteiger partial charge in [-0.05, 0) is 60.9 Å². The molecule has 1 fully saturated rings. The van der Waals surface area contributed by atoms with Gasteiger partial charge in [-0.1, -0.05) is 66.5 Å². The summed E-state index contributed by atoms with van der Waals surface area (Å²) in [7, 11) is 0. The molecule has 1 aliphatic heterocycles. The summed E-state index contributed by atoms with van der Waals surface area (Å²) < 4.78 is 25.0. The second-order valence-corrected chi connectivity index (χ2v) is 10.8. The topological polar surface area (TPSA) is 106 Å². The molecule has 1 amide bonds. The second-order valence-electron chi connectivity index (χ2n) is 9.77. The maximum Gasteiger partial charge on any atom is 0.350 e. The molecule has 0 aliphatic carbocycles. The molecule has 1 atom stereocenters. The summed E-state index contributed by atoms with van der Waals surface area (Å²) in [6.45, 7) is 7.24. The molecule has 3 aromatic carbocycles.